The van der Waals surface area contributed by atoms with E-state index >= 15 is 0 Å². The minimum Gasteiger partial charge on any atom is -0.392 e. The molecule has 0 saturated carbocycles. The van der Waals surface area contributed by atoms with E-state index in [9.17, 15) is 5.11 Å². The van der Waals surface area contributed by atoms with Crippen LogP contribution in [0.5, 0.6) is 0 Å². The highest BCUT2D eigenvalue weighted by atomic mass is 35.5. The van der Waals surface area contributed by atoms with Gasteiger partial charge in [-0.1, -0.05) is 41.4 Å². The molecule has 2 aromatic rings. The lowest BCUT2D eigenvalue weighted by atomic mass is 9.70. The molecule has 2 aromatic carbocycles. The van der Waals surface area contributed by atoms with Crippen molar-refractivity contribution in [3.8, 4) is 0 Å². The fourth-order valence-corrected chi connectivity index (χ4v) is 6.41. The summed E-state index contributed by atoms with van der Waals surface area (Å²) in [7, 11) is 0. The number of nitrogens with one attached hydrogen (secondary N) is 1. The lowest BCUT2D eigenvalue weighted by Crippen LogP contribution is -2.50. The van der Waals surface area contributed by atoms with Crippen molar-refractivity contribution in [3.05, 3.63) is 58.1 Å². The molecule has 32 heavy (non-hydrogen) atoms. The van der Waals surface area contributed by atoms with Gasteiger partial charge in [0.1, 0.15) is 0 Å². The Balaban J connectivity index is 1.14. The maximum atomic E-state index is 11.0. The Bertz CT molecular complexity index is 952. The third-order valence-electron chi connectivity index (χ3n) is 8.21. The summed E-state index contributed by atoms with van der Waals surface area (Å²) in [5.74, 6) is 0.359. The van der Waals surface area contributed by atoms with Crippen molar-refractivity contribution in [1.29, 1.82) is 0 Å². The van der Waals surface area contributed by atoms with Crippen molar-refractivity contribution in [2.75, 3.05) is 42.9 Å². The van der Waals surface area contributed by atoms with Crippen LogP contribution in [0, 0.1) is 5.92 Å². The summed E-state index contributed by atoms with van der Waals surface area (Å²) in [5, 5.41) is 15.9. The van der Waals surface area contributed by atoms with E-state index in [2.05, 4.69) is 46.3 Å². The van der Waals surface area contributed by atoms with Gasteiger partial charge in [0.2, 0.25) is 0 Å². The Hall–Kier alpha value is -1.46. The molecule has 1 spiro atoms. The van der Waals surface area contributed by atoms with Crippen LogP contribution >= 0.6 is 23.2 Å². The summed E-state index contributed by atoms with van der Waals surface area (Å²) < 4.78 is 0. The number of aliphatic hydroxyl groups excluding tert-OH is 1. The van der Waals surface area contributed by atoms with E-state index in [0.29, 0.717) is 22.0 Å². The second-order valence-corrected chi connectivity index (χ2v) is 10.7. The fraction of sp³-hybridized carbons (Fsp3) is 0.538. The number of rotatable bonds is 4. The number of β-amino-alcohol motifs (C(OH)–C–C–N with tert-alkyl or cyclic N) is 1. The third kappa shape index (κ3) is 4.11. The van der Waals surface area contributed by atoms with Crippen LogP contribution in [0.25, 0.3) is 0 Å². The van der Waals surface area contributed by atoms with Gasteiger partial charge in [0, 0.05) is 42.5 Å². The second kappa shape index (κ2) is 9.06. The van der Waals surface area contributed by atoms with Crippen molar-refractivity contribution >= 4 is 34.6 Å². The van der Waals surface area contributed by atoms with E-state index < -0.39 is 0 Å². The molecule has 5 rings (SSSR count). The summed E-state index contributed by atoms with van der Waals surface area (Å²) in [4.78, 5) is 4.83. The van der Waals surface area contributed by atoms with Gasteiger partial charge in [0.05, 0.1) is 16.1 Å². The van der Waals surface area contributed by atoms with Gasteiger partial charge in [0.25, 0.3) is 0 Å². The highest BCUT2D eigenvalue weighted by Crippen LogP contribution is 2.47. The molecule has 0 aliphatic carbocycles. The lowest BCUT2D eigenvalue weighted by Gasteiger charge is -2.44. The molecule has 2 unspecified atom stereocenters. The number of hydrogen-bond donors (Lipinski definition) is 2. The molecule has 172 valence electrons. The summed E-state index contributed by atoms with van der Waals surface area (Å²) in [6.45, 7) is 7.12. The SMILES string of the molecule is CC1Nc2ccccc2C12CCN(CC(O)C1CCN(c3ccc(Cl)c(Cl)c3)CC1)CC2. The first-order valence-corrected chi connectivity index (χ1v) is 12.7. The van der Waals surface area contributed by atoms with E-state index in [1.807, 2.05) is 18.2 Å². The van der Waals surface area contributed by atoms with Crippen LogP contribution in [-0.4, -0.2) is 54.9 Å². The Kier molecular flexibility index (Phi) is 6.32. The summed E-state index contributed by atoms with van der Waals surface area (Å²) in [6.07, 6.45) is 4.06. The smallest absolute Gasteiger partial charge is 0.0696 e. The van der Waals surface area contributed by atoms with Gasteiger partial charge in [-0.05, 0) is 81.4 Å². The van der Waals surface area contributed by atoms with Crippen LogP contribution in [0.3, 0.4) is 0 Å². The lowest BCUT2D eigenvalue weighted by molar-refractivity contribution is 0.0364. The van der Waals surface area contributed by atoms with Gasteiger partial charge in [-0.3, -0.25) is 0 Å². The number of aliphatic hydroxyl groups is 1. The number of likely N-dealkylation sites (tertiary alicyclic amines) is 1. The zero-order valence-corrected chi connectivity index (χ0v) is 20.2. The summed E-state index contributed by atoms with van der Waals surface area (Å²) >= 11 is 12.3. The third-order valence-corrected chi connectivity index (χ3v) is 8.95. The number of halogens is 2. The minimum atomic E-state index is -0.258. The van der Waals surface area contributed by atoms with Gasteiger partial charge in [0.15, 0.2) is 0 Å². The Morgan fingerprint density at radius 1 is 1.03 bits per heavy atom. The average molecular weight is 474 g/mol. The first kappa shape index (κ1) is 22.3. The van der Waals surface area contributed by atoms with Crippen LogP contribution in [0.15, 0.2) is 42.5 Å². The van der Waals surface area contributed by atoms with Gasteiger partial charge < -0.3 is 20.2 Å². The maximum absolute atomic E-state index is 11.0. The number of anilines is 2. The number of hydrogen-bond acceptors (Lipinski definition) is 4. The molecule has 2 fully saturated rings. The van der Waals surface area contributed by atoms with E-state index in [0.717, 1.165) is 64.1 Å². The molecule has 0 bridgehead atoms. The molecule has 3 aliphatic rings. The van der Waals surface area contributed by atoms with E-state index in [1.54, 1.807) is 0 Å². The molecular weight excluding hydrogens is 441 g/mol. The van der Waals surface area contributed by atoms with Gasteiger partial charge in [-0.15, -0.1) is 0 Å². The van der Waals surface area contributed by atoms with Crippen molar-refractivity contribution in [1.82, 2.24) is 4.90 Å². The molecule has 2 atom stereocenters. The van der Waals surface area contributed by atoms with Gasteiger partial charge in [-0.2, -0.15) is 0 Å². The second-order valence-electron chi connectivity index (χ2n) is 9.86. The van der Waals surface area contributed by atoms with E-state index in [-0.39, 0.29) is 11.5 Å². The molecule has 0 aromatic heterocycles. The first-order chi connectivity index (χ1) is 15.5. The zero-order chi connectivity index (χ0) is 22.3. The zero-order valence-electron chi connectivity index (χ0n) is 18.7. The Morgan fingerprint density at radius 2 is 1.75 bits per heavy atom. The molecule has 2 saturated heterocycles. The van der Waals surface area contributed by atoms with E-state index in [4.69, 9.17) is 23.2 Å². The van der Waals surface area contributed by atoms with Gasteiger partial charge in [-0.25, -0.2) is 0 Å². The van der Waals surface area contributed by atoms with Crippen LogP contribution < -0.4 is 10.2 Å². The van der Waals surface area contributed by atoms with Crippen molar-refractivity contribution < 1.29 is 5.11 Å². The van der Waals surface area contributed by atoms with Crippen molar-refractivity contribution in [2.24, 2.45) is 5.92 Å². The topological polar surface area (TPSA) is 38.7 Å². The molecule has 3 heterocycles. The van der Waals surface area contributed by atoms with E-state index in [1.165, 1.54) is 11.3 Å². The largest absolute Gasteiger partial charge is 0.392 e. The normalized spacial score (nSPS) is 24.4. The quantitative estimate of drug-likeness (QED) is 0.621. The fourth-order valence-electron chi connectivity index (χ4n) is 6.12. The first-order valence-electron chi connectivity index (χ1n) is 11.9. The number of benzene rings is 2. The number of piperidine rings is 2. The standard InChI is InChI=1S/C26H33Cl2N3O/c1-18-26(21-4-2-3-5-24(21)29-18)10-14-30(15-11-26)17-25(32)19-8-12-31(13-9-19)20-6-7-22(27)23(28)16-20/h2-7,16,18-19,25,29,32H,8-15,17H2,1H3. The molecule has 0 amide bonds. The van der Waals surface area contributed by atoms with Crippen molar-refractivity contribution in [3.63, 3.8) is 0 Å². The Morgan fingerprint density at radius 3 is 2.47 bits per heavy atom. The average Bonchev–Trinajstić information content (AvgIpc) is 3.08. The monoisotopic (exact) mass is 473 g/mol. The van der Waals surface area contributed by atoms with Crippen LogP contribution in [0.2, 0.25) is 10.0 Å². The molecule has 0 radical (unpaired) electrons. The van der Waals surface area contributed by atoms with Crippen molar-refractivity contribution in [2.45, 2.75) is 50.2 Å². The highest BCUT2D eigenvalue weighted by molar-refractivity contribution is 6.42. The molecule has 2 N–H and O–H groups in total. The number of nitrogens with zero attached hydrogens (tertiary/aromatic N) is 2. The predicted molar refractivity (Wildman–Crippen MR) is 134 cm³/mol. The maximum Gasteiger partial charge on any atom is 0.0696 e. The predicted octanol–water partition coefficient (Wildman–Crippen LogP) is 5.42. The Labute approximate surface area is 201 Å². The molecular formula is C26H33Cl2N3O. The summed E-state index contributed by atoms with van der Waals surface area (Å²) in [5.41, 5.74) is 4.15. The molecule has 4 nitrogen and oxygen atoms in total. The van der Waals surface area contributed by atoms with Crippen LogP contribution in [-0.2, 0) is 5.41 Å². The molecule has 3 aliphatic heterocycles. The van der Waals surface area contributed by atoms with Gasteiger partial charge >= 0.3 is 0 Å². The van der Waals surface area contributed by atoms with Crippen LogP contribution in [0.4, 0.5) is 11.4 Å². The highest BCUT2D eigenvalue weighted by Gasteiger charge is 2.46. The minimum absolute atomic E-state index is 0.239. The number of para-hydroxylation sites is 1. The molecule has 6 heteroatoms. The number of fused-ring (bicyclic) bond motifs is 2. The summed E-state index contributed by atoms with van der Waals surface area (Å²) in [6, 6.07) is 15.1. The van der Waals surface area contributed by atoms with Crippen LogP contribution in [0.1, 0.15) is 38.2 Å².